The first-order valence-electron chi connectivity index (χ1n) is 7.33. The van der Waals surface area contributed by atoms with Crippen LogP contribution in [0.4, 0.5) is 5.69 Å². The van der Waals surface area contributed by atoms with Crippen molar-refractivity contribution in [3.63, 3.8) is 0 Å². The minimum atomic E-state index is -3.88. The van der Waals surface area contributed by atoms with E-state index in [9.17, 15) is 13.5 Å². The van der Waals surface area contributed by atoms with Crippen LogP contribution in [0.2, 0.25) is 0 Å². The molecular formula is C17H17N3O3S. The molecule has 0 spiro atoms. The fourth-order valence-electron chi connectivity index (χ4n) is 2.32. The number of aryl methyl sites for hydroxylation is 1. The van der Waals surface area contributed by atoms with Gasteiger partial charge in [-0.25, -0.2) is 8.42 Å². The Hall–Kier alpha value is -2.80. The summed E-state index contributed by atoms with van der Waals surface area (Å²) in [7, 11) is -3.88. The molecule has 0 radical (unpaired) electrons. The molecule has 0 aliphatic rings. The van der Waals surface area contributed by atoms with Gasteiger partial charge in [0.25, 0.3) is 10.0 Å². The van der Waals surface area contributed by atoms with Crippen molar-refractivity contribution in [1.82, 2.24) is 9.78 Å². The van der Waals surface area contributed by atoms with Crippen LogP contribution in [0.5, 0.6) is 5.75 Å². The second kappa shape index (κ2) is 6.37. The maximum atomic E-state index is 12.4. The molecule has 0 bridgehead atoms. The van der Waals surface area contributed by atoms with Gasteiger partial charge >= 0.3 is 0 Å². The number of aromatic nitrogens is 2. The standard InChI is InChI=1S/C17H17N3O3S/c1-13-7-8-16(21)17(9-13)24(22,23)19-15-10-18-20(12-15)11-14-5-3-2-4-6-14/h2-10,12,19,21H,11H2,1H3. The van der Waals surface area contributed by atoms with E-state index in [1.807, 2.05) is 30.3 Å². The summed E-state index contributed by atoms with van der Waals surface area (Å²) in [5, 5.41) is 14.0. The van der Waals surface area contributed by atoms with Gasteiger partial charge < -0.3 is 5.11 Å². The van der Waals surface area contributed by atoms with E-state index in [0.717, 1.165) is 11.1 Å². The Labute approximate surface area is 140 Å². The highest BCUT2D eigenvalue weighted by Crippen LogP contribution is 2.25. The molecule has 124 valence electrons. The second-order valence-electron chi connectivity index (χ2n) is 5.49. The van der Waals surface area contributed by atoms with E-state index in [1.165, 1.54) is 18.3 Å². The lowest BCUT2D eigenvalue weighted by molar-refractivity contribution is 0.459. The number of phenolic OH excluding ortho intramolecular Hbond substituents is 1. The zero-order valence-corrected chi connectivity index (χ0v) is 13.9. The fourth-order valence-corrected chi connectivity index (χ4v) is 3.53. The summed E-state index contributed by atoms with van der Waals surface area (Å²) in [6, 6.07) is 14.2. The Morgan fingerprint density at radius 3 is 2.67 bits per heavy atom. The molecule has 6 nitrogen and oxygen atoms in total. The molecule has 0 amide bonds. The van der Waals surface area contributed by atoms with Gasteiger partial charge in [0.1, 0.15) is 10.6 Å². The van der Waals surface area contributed by atoms with Crippen molar-refractivity contribution in [2.24, 2.45) is 0 Å². The summed E-state index contributed by atoms with van der Waals surface area (Å²) in [5.41, 5.74) is 2.14. The molecule has 0 aliphatic heterocycles. The van der Waals surface area contributed by atoms with Crippen LogP contribution >= 0.6 is 0 Å². The van der Waals surface area contributed by atoms with Crippen LogP contribution in [0, 0.1) is 6.92 Å². The third-order valence-electron chi connectivity index (χ3n) is 3.48. The van der Waals surface area contributed by atoms with Crippen LogP contribution in [0.3, 0.4) is 0 Å². The first-order chi connectivity index (χ1) is 11.4. The zero-order chi connectivity index (χ0) is 17.2. The molecule has 0 unspecified atom stereocenters. The van der Waals surface area contributed by atoms with E-state index in [2.05, 4.69) is 9.82 Å². The highest BCUT2D eigenvalue weighted by molar-refractivity contribution is 7.92. The summed E-state index contributed by atoms with van der Waals surface area (Å²) in [5.74, 6) is -0.287. The minimum Gasteiger partial charge on any atom is -0.507 e. The Kier molecular flexibility index (Phi) is 4.26. The van der Waals surface area contributed by atoms with E-state index in [0.29, 0.717) is 12.2 Å². The molecule has 1 heterocycles. The van der Waals surface area contributed by atoms with Gasteiger partial charge in [-0.3, -0.25) is 9.40 Å². The number of aromatic hydroxyl groups is 1. The average molecular weight is 343 g/mol. The van der Waals surface area contributed by atoms with Crippen molar-refractivity contribution in [3.8, 4) is 5.75 Å². The largest absolute Gasteiger partial charge is 0.507 e. The monoisotopic (exact) mass is 343 g/mol. The molecule has 3 aromatic rings. The van der Waals surface area contributed by atoms with Gasteiger partial charge in [-0.05, 0) is 30.2 Å². The highest BCUT2D eigenvalue weighted by atomic mass is 32.2. The van der Waals surface area contributed by atoms with Gasteiger partial charge in [0, 0.05) is 6.20 Å². The average Bonchev–Trinajstić information content (AvgIpc) is 2.97. The van der Waals surface area contributed by atoms with Gasteiger partial charge in [-0.2, -0.15) is 5.10 Å². The normalized spacial score (nSPS) is 11.4. The Bertz CT molecular complexity index is 950. The number of anilines is 1. The molecule has 2 N–H and O–H groups in total. The first kappa shape index (κ1) is 16.1. The smallest absolute Gasteiger partial charge is 0.265 e. The SMILES string of the molecule is Cc1ccc(O)c(S(=O)(=O)Nc2cnn(Cc3ccccc3)c2)c1. The summed E-state index contributed by atoms with van der Waals surface area (Å²) in [6.07, 6.45) is 3.05. The van der Waals surface area contributed by atoms with Crippen molar-refractivity contribution in [1.29, 1.82) is 0 Å². The first-order valence-corrected chi connectivity index (χ1v) is 8.81. The maximum absolute atomic E-state index is 12.4. The predicted octanol–water partition coefficient (Wildman–Crippen LogP) is 2.75. The van der Waals surface area contributed by atoms with E-state index in [1.54, 1.807) is 23.9 Å². The Morgan fingerprint density at radius 2 is 1.92 bits per heavy atom. The third kappa shape index (κ3) is 3.57. The van der Waals surface area contributed by atoms with Crippen LogP contribution in [0.1, 0.15) is 11.1 Å². The molecule has 24 heavy (non-hydrogen) atoms. The molecule has 0 saturated carbocycles. The number of nitrogens with zero attached hydrogens (tertiary/aromatic N) is 2. The number of hydrogen-bond donors (Lipinski definition) is 2. The second-order valence-corrected chi connectivity index (χ2v) is 7.14. The summed E-state index contributed by atoms with van der Waals surface area (Å²) in [6.45, 7) is 2.30. The van der Waals surface area contributed by atoms with E-state index >= 15 is 0 Å². The van der Waals surface area contributed by atoms with Crippen LogP contribution in [-0.4, -0.2) is 23.3 Å². The molecule has 0 saturated heterocycles. The summed E-state index contributed by atoms with van der Waals surface area (Å²) in [4.78, 5) is -0.154. The van der Waals surface area contributed by atoms with Crippen LogP contribution in [-0.2, 0) is 16.6 Å². The van der Waals surface area contributed by atoms with Crippen molar-refractivity contribution < 1.29 is 13.5 Å². The van der Waals surface area contributed by atoms with E-state index < -0.39 is 10.0 Å². The fraction of sp³-hybridized carbons (Fsp3) is 0.118. The number of sulfonamides is 1. The molecule has 0 fully saturated rings. The maximum Gasteiger partial charge on any atom is 0.265 e. The molecule has 0 atom stereocenters. The Morgan fingerprint density at radius 1 is 1.17 bits per heavy atom. The van der Waals surface area contributed by atoms with Crippen molar-refractivity contribution in [2.75, 3.05) is 4.72 Å². The zero-order valence-electron chi connectivity index (χ0n) is 13.0. The van der Waals surface area contributed by atoms with Crippen molar-refractivity contribution in [2.45, 2.75) is 18.4 Å². The molecule has 7 heteroatoms. The van der Waals surface area contributed by atoms with Crippen LogP contribution in [0.15, 0.2) is 65.8 Å². The highest BCUT2D eigenvalue weighted by Gasteiger charge is 2.19. The predicted molar refractivity (Wildman–Crippen MR) is 91.4 cm³/mol. The summed E-state index contributed by atoms with van der Waals surface area (Å²) < 4.78 is 28.9. The number of rotatable bonds is 5. The van der Waals surface area contributed by atoms with E-state index in [-0.39, 0.29) is 10.6 Å². The Balaban J connectivity index is 1.80. The number of hydrogen-bond acceptors (Lipinski definition) is 4. The van der Waals surface area contributed by atoms with Crippen molar-refractivity contribution >= 4 is 15.7 Å². The topological polar surface area (TPSA) is 84.2 Å². The van der Waals surface area contributed by atoms with Gasteiger partial charge in [-0.15, -0.1) is 0 Å². The molecule has 3 rings (SSSR count). The molecule has 1 aromatic heterocycles. The number of benzene rings is 2. The molecule has 2 aromatic carbocycles. The molecular weight excluding hydrogens is 326 g/mol. The third-order valence-corrected chi connectivity index (χ3v) is 4.89. The lowest BCUT2D eigenvalue weighted by Crippen LogP contribution is -2.13. The van der Waals surface area contributed by atoms with Gasteiger partial charge in [0.05, 0.1) is 18.4 Å². The molecule has 0 aliphatic carbocycles. The van der Waals surface area contributed by atoms with Crippen molar-refractivity contribution in [3.05, 3.63) is 72.1 Å². The number of nitrogens with one attached hydrogen (secondary N) is 1. The van der Waals surface area contributed by atoms with Gasteiger partial charge in [-0.1, -0.05) is 36.4 Å². The lowest BCUT2D eigenvalue weighted by atomic mass is 10.2. The van der Waals surface area contributed by atoms with Crippen LogP contribution in [0.25, 0.3) is 0 Å². The van der Waals surface area contributed by atoms with Crippen LogP contribution < -0.4 is 4.72 Å². The summed E-state index contributed by atoms with van der Waals surface area (Å²) >= 11 is 0. The van der Waals surface area contributed by atoms with Gasteiger partial charge in [0.2, 0.25) is 0 Å². The lowest BCUT2D eigenvalue weighted by Gasteiger charge is -2.08. The van der Waals surface area contributed by atoms with E-state index in [4.69, 9.17) is 0 Å². The minimum absolute atomic E-state index is 0.154. The van der Waals surface area contributed by atoms with Gasteiger partial charge in [0.15, 0.2) is 0 Å². The quantitative estimate of drug-likeness (QED) is 0.746. The number of phenols is 1.